The van der Waals surface area contributed by atoms with Gasteiger partial charge in [0.1, 0.15) is 0 Å². The van der Waals surface area contributed by atoms with Gasteiger partial charge in [0.15, 0.2) is 0 Å². The molecule has 24 heavy (non-hydrogen) atoms. The van der Waals surface area contributed by atoms with Crippen LogP contribution in [0, 0.1) is 5.41 Å². The molecule has 2 aliphatic rings. The number of nitrogens with zero attached hydrogens (tertiary/aromatic N) is 2. The first kappa shape index (κ1) is 19.5. The van der Waals surface area contributed by atoms with Gasteiger partial charge in [-0.2, -0.15) is 0 Å². The van der Waals surface area contributed by atoms with Crippen LogP contribution in [0.25, 0.3) is 0 Å². The molecule has 1 N–H and O–H groups in total. The van der Waals surface area contributed by atoms with Gasteiger partial charge in [0.25, 0.3) is 0 Å². The molecule has 0 radical (unpaired) electrons. The topological polar surface area (TPSA) is 69.7 Å². The van der Waals surface area contributed by atoms with E-state index in [-0.39, 0.29) is 23.2 Å². The van der Waals surface area contributed by atoms with Gasteiger partial charge >= 0.3 is 6.03 Å². The van der Waals surface area contributed by atoms with Crippen molar-refractivity contribution in [3.05, 3.63) is 0 Å². The van der Waals surface area contributed by atoms with E-state index < -0.39 is 10.0 Å². The third-order valence-electron chi connectivity index (χ3n) is 5.03. The number of carbonyl (C=O) groups excluding carboxylic acids is 1. The predicted molar refractivity (Wildman–Crippen MR) is 96.4 cm³/mol. The molecule has 0 aromatic rings. The van der Waals surface area contributed by atoms with Crippen LogP contribution >= 0.6 is 0 Å². The van der Waals surface area contributed by atoms with Gasteiger partial charge in [0.2, 0.25) is 10.0 Å². The Morgan fingerprint density at radius 3 is 2.29 bits per heavy atom. The molecular weight excluding hydrogens is 326 g/mol. The summed E-state index contributed by atoms with van der Waals surface area (Å²) in [4.78, 5) is 14.6. The van der Waals surface area contributed by atoms with Crippen molar-refractivity contribution < 1.29 is 13.2 Å². The van der Waals surface area contributed by atoms with Crippen molar-refractivity contribution in [3.63, 3.8) is 0 Å². The second-order valence-electron chi connectivity index (χ2n) is 8.28. The highest BCUT2D eigenvalue weighted by Crippen LogP contribution is 2.30. The molecule has 2 fully saturated rings. The van der Waals surface area contributed by atoms with Gasteiger partial charge in [-0.1, -0.05) is 20.8 Å². The fraction of sp³-hybridized carbons (Fsp3) is 0.941. The van der Waals surface area contributed by atoms with Gasteiger partial charge in [-0.15, -0.1) is 0 Å². The van der Waals surface area contributed by atoms with E-state index in [1.54, 1.807) is 11.2 Å². The lowest BCUT2D eigenvalue weighted by Gasteiger charge is -2.34. The minimum atomic E-state index is -3.11. The summed E-state index contributed by atoms with van der Waals surface area (Å²) in [5.41, 5.74) is 0.216. The third kappa shape index (κ3) is 5.09. The van der Waals surface area contributed by atoms with E-state index in [1.807, 2.05) is 4.90 Å². The lowest BCUT2D eigenvalue weighted by molar-refractivity contribution is 0.166. The van der Waals surface area contributed by atoms with E-state index in [4.69, 9.17) is 0 Å². The summed E-state index contributed by atoms with van der Waals surface area (Å²) < 4.78 is 25.3. The number of piperidine rings is 1. The van der Waals surface area contributed by atoms with Crippen LogP contribution in [0.1, 0.15) is 59.8 Å². The lowest BCUT2D eigenvalue weighted by Crippen LogP contribution is -2.51. The van der Waals surface area contributed by atoms with Crippen LogP contribution in [0.3, 0.4) is 0 Å². The molecule has 7 heteroatoms. The number of hydrogen-bond donors (Lipinski definition) is 1. The van der Waals surface area contributed by atoms with Crippen LogP contribution in [-0.4, -0.2) is 61.1 Å². The van der Waals surface area contributed by atoms with E-state index in [9.17, 15) is 13.2 Å². The monoisotopic (exact) mass is 359 g/mol. The smallest absolute Gasteiger partial charge is 0.317 e. The molecule has 0 bridgehead atoms. The maximum absolute atomic E-state index is 12.6. The fourth-order valence-electron chi connectivity index (χ4n) is 3.74. The Labute approximate surface area is 147 Å². The molecule has 0 aromatic heterocycles. The molecule has 0 aliphatic carbocycles. The highest BCUT2D eigenvalue weighted by Gasteiger charge is 2.34. The van der Waals surface area contributed by atoms with Gasteiger partial charge in [-0.25, -0.2) is 17.5 Å². The Morgan fingerprint density at radius 2 is 1.75 bits per heavy atom. The number of nitrogens with one attached hydrogen (secondary N) is 1. The van der Waals surface area contributed by atoms with E-state index in [2.05, 4.69) is 26.1 Å². The number of likely N-dealkylation sites (tertiary alicyclic amines) is 1. The van der Waals surface area contributed by atoms with Crippen molar-refractivity contribution in [2.45, 2.75) is 71.9 Å². The molecule has 140 valence electrons. The molecule has 6 nitrogen and oxygen atoms in total. The second-order valence-corrected chi connectivity index (χ2v) is 10.5. The summed E-state index contributed by atoms with van der Waals surface area (Å²) in [7, 11) is -3.11. The number of rotatable bonds is 4. The van der Waals surface area contributed by atoms with Crippen molar-refractivity contribution in [1.29, 1.82) is 0 Å². The van der Waals surface area contributed by atoms with Crippen molar-refractivity contribution in [1.82, 2.24) is 14.5 Å². The Kier molecular flexibility index (Phi) is 6.18. The molecule has 2 heterocycles. The van der Waals surface area contributed by atoms with Gasteiger partial charge < -0.3 is 10.2 Å². The van der Waals surface area contributed by atoms with Crippen molar-refractivity contribution in [2.24, 2.45) is 5.41 Å². The minimum absolute atomic E-state index is 0.0264. The molecule has 0 saturated carbocycles. The largest absolute Gasteiger partial charge is 0.335 e. The summed E-state index contributed by atoms with van der Waals surface area (Å²) in [5, 5.41) is 3.13. The number of sulfonamides is 1. The molecule has 0 spiro atoms. The van der Waals surface area contributed by atoms with Gasteiger partial charge in [-0.05, 0) is 44.4 Å². The summed E-state index contributed by atoms with van der Waals surface area (Å²) in [6, 6.07) is 0.431. The molecule has 2 amide bonds. The van der Waals surface area contributed by atoms with Crippen LogP contribution in [0.15, 0.2) is 0 Å². The van der Waals surface area contributed by atoms with Crippen LogP contribution in [-0.2, 0) is 10.0 Å². The van der Waals surface area contributed by atoms with E-state index in [0.717, 1.165) is 25.8 Å². The summed E-state index contributed by atoms with van der Waals surface area (Å²) in [5.74, 6) is 0.145. The molecule has 2 rings (SSSR count). The Morgan fingerprint density at radius 1 is 1.12 bits per heavy atom. The molecular formula is C17H33N3O3S. The van der Waals surface area contributed by atoms with Crippen molar-refractivity contribution in [2.75, 3.05) is 25.4 Å². The quantitative estimate of drug-likeness (QED) is 0.838. The SMILES string of the molecule is CCS(=O)(=O)N1CCC(NC(=O)N2CCCC2CC(C)(C)C)CC1. The van der Waals surface area contributed by atoms with Crippen LogP contribution < -0.4 is 5.32 Å². The van der Waals surface area contributed by atoms with Crippen molar-refractivity contribution >= 4 is 16.1 Å². The van der Waals surface area contributed by atoms with Crippen LogP contribution in [0.2, 0.25) is 0 Å². The Hall–Kier alpha value is -0.820. The molecule has 1 atom stereocenters. The maximum Gasteiger partial charge on any atom is 0.317 e. The second kappa shape index (κ2) is 7.60. The fourth-order valence-corrected chi connectivity index (χ4v) is 4.87. The normalized spacial score (nSPS) is 24.3. The first-order valence-electron chi connectivity index (χ1n) is 9.17. The summed E-state index contributed by atoms with van der Waals surface area (Å²) in [6.45, 7) is 10.2. The first-order valence-corrected chi connectivity index (χ1v) is 10.8. The zero-order valence-corrected chi connectivity index (χ0v) is 16.4. The molecule has 0 aromatic carbocycles. The lowest BCUT2D eigenvalue weighted by atomic mass is 9.87. The van der Waals surface area contributed by atoms with Crippen LogP contribution in [0.4, 0.5) is 4.79 Å². The zero-order valence-electron chi connectivity index (χ0n) is 15.5. The number of amides is 2. The highest BCUT2D eigenvalue weighted by molar-refractivity contribution is 7.89. The van der Waals surface area contributed by atoms with Crippen molar-refractivity contribution in [3.8, 4) is 0 Å². The summed E-state index contributed by atoms with van der Waals surface area (Å²) >= 11 is 0. The molecule has 2 aliphatic heterocycles. The minimum Gasteiger partial charge on any atom is -0.335 e. The average molecular weight is 360 g/mol. The number of urea groups is 1. The standard InChI is InChI=1S/C17H33N3O3S/c1-5-24(22,23)19-11-8-14(9-12-19)18-16(21)20-10-6-7-15(20)13-17(2,3)4/h14-15H,5-13H2,1-4H3,(H,18,21). The van der Waals surface area contributed by atoms with Gasteiger partial charge in [0.05, 0.1) is 5.75 Å². The van der Waals surface area contributed by atoms with Gasteiger partial charge in [-0.3, -0.25) is 0 Å². The highest BCUT2D eigenvalue weighted by atomic mass is 32.2. The first-order chi connectivity index (χ1) is 11.1. The Balaban J connectivity index is 1.85. The zero-order chi connectivity index (χ0) is 18.0. The van der Waals surface area contributed by atoms with Gasteiger partial charge in [0, 0.05) is 31.7 Å². The van der Waals surface area contributed by atoms with Crippen LogP contribution in [0.5, 0.6) is 0 Å². The van der Waals surface area contributed by atoms with E-state index in [1.165, 1.54) is 0 Å². The molecule has 2 saturated heterocycles. The summed E-state index contributed by atoms with van der Waals surface area (Å²) in [6.07, 6.45) is 4.57. The predicted octanol–water partition coefficient (Wildman–Crippen LogP) is 2.41. The van der Waals surface area contributed by atoms with E-state index in [0.29, 0.717) is 32.0 Å². The molecule has 1 unspecified atom stereocenters. The Bertz CT molecular complexity index is 534. The number of carbonyl (C=O) groups is 1. The average Bonchev–Trinajstić information content (AvgIpc) is 2.94. The number of hydrogen-bond acceptors (Lipinski definition) is 3. The third-order valence-corrected chi connectivity index (χ3v) is 6.91. The maximum atomic E-state index is 12.6. The van der Waals surface area contributed by atoms with E-state index >= 15 is 0 Å².